The number of benzene rings is 2. The summed E-state index contributed by atoms with van der Waals surface area (Å²) in [6.07, 6.45) is 0. The minimum absolute atomic E-state index is 0.0686. The first kappa shape index (κ1) is 13.9. The third-order valence-corrected chi connectivity index (χ3v) is 4.21. The van der Waals surface area contributed by atoms with E-state index in [-0.39, 0.29) is 5.38 Å². The van der Waals surface area contributed by atoms with Gasteiger partial charge in [0.2, 0.25) is 0 Å². The number of alkyl halides is 1. The predicted octanol–water partition coefficient (Wildman–Crippen LogP) is 5.74. The van der Waals surface area contributed by atoms with Crippen LogP contribution in [0.3, 0.4) is 0 Å². The van der Waals surface area contributed by atoms with Gasteiger partial charge in [0, 0.05) is 3.57 Å². The summed E-state index contributed by atoms with van der Waals surface area (Å²) in [7, 11) is 0. The monoisotopic (exact) mass is 370 g/mol. The van der Waals surface area contributed by atoms with Gasteiger partial charge in [0.15, 0.2) is 0 Å². The number of hydrogen-bond acceptors (Lipinski definition) is 0. The van der Waals surface area contributed by atoms with Crippen LogP contribution in [0.5, 0.6) is 0 Å². The molecule has 0 aliphatic rings. The number of halogens is 2. The smallest absolute Gasteiger partial charge is 0.0835 e. The molecule has 0 bridgehead atoms. The molecule has 0 aromatic heterocycles. The third-order valence-electron chi connectivity index (χ3n) is 3.04. The predicted molar refractivity (Wildman–Crippen MR) is 87.4 cm³/mol. The molecule has 0 fully saturated rings. The molecule has 0 nitrogen and oxygen atoms in total. The second-order valence-corrected chi connectivity index (χ2v) is 6.42. The number of rotatable bonds is 3. The lowest BCUT2D eigenvalue weighted by Gasteiger charge is -2.12. The second kappa shape index (κ2) is 6.07. The first-order valence-corrected chi connectivity index (χ1v) is 7.59. The van der Waals surface area contributed by atoms with Crippen LogP contribution in [0.15, 0.2) is 48.5 Å². The Morgan fingerprint density at radius 2 is 1.50 bits per heavy atom. The summed E-state index contributed by atoms with van der Waals surface area (Å²) in [5, 5.41) is -0.0686. The van der Waals surface area contributed by atoms with Crippen LogP contribution in [0, 0.1) is 3.57 Å². The lowest BCUT2D eigenvalue weighted by Crippen LogP contribution is -1.95. The molecule has 0 heterocycles. The van der Waals surface area contributed by atoms with Crippen molar-refractivity contribution in [3.63, 3.8) is 0 Å². The van der Waals surface area contributed by atoms with Crippen molar-refractivity contribution in [1.29, 1.82) is 0 Å². The van der Waals surface area contributed by atoms with Crippen molar-refractivity contribution in [1.82, 2.24) is 0 Å². The van der Waals surface area contributed by atoms with Gasteiger partial charge in [-0.2, -0.15) is 0 Å². The Bertz CT molecular complexity index is 517. The van der Waals surface area contributed by atoms with Crippen LogP contribution in [-0.4, -0.2) is 0 Å². The highest BCUT2D eigenvalue weighted by atomic mass is 127. The molecule has 0 aliphatic heterocycles. The molecule has 0 saturated carbocycles. The zero-order valence-electron chi connectivity index (χ0n) is 10.5. The van der Waals surface area contributed by atoms with Gasteiger partial charge in [0.1, 0.15) is 0 Å². The molecule has 2 rings (SSSR count). The van der Waals surface area contributed by atoms with E-state index in [2.05, 4.69) is 85.0 Å². The van der Waals surface area contributed by atoms with Crippen LogP contribution in [-0.2, 0) is 0 Å². The van der Waals surface area contributed by atoms with Crippen LogP contribution in [0.1, 0.15) is 41.8 Å². The fraction of sp³-hybridized carbons (Fsp3) is 0.250. The Kier molecular flexibility index (Phi) is 4.68. The van der Waals surface area contributed by atoms with Crippen LogP contribution in [0.2, 0.25) is 0 Å². The van der Waals surface area contributed by atoms with E-state index in [4.69, 9.17) is 11.6 Å². The SMILES string of the molecule is CC(C)c1ccc(C(Cl)c2cccc(I)c2)cc1. The van der Waals surface area contributed by atoms with Crippen LogP contribution < -0.4 is 0 Å². The van der Waals surface area contributed by atoms with Gasteiger partial charge in [-0.15, -0.1) is 11.6 Å². The summed E-state index contributed by atoms with van der Waals surface area (Å²) >= 11 is 8.85. The summed E-state index contributed by atoms with van der Waals surface area (Å²) in [5.74, 6) is 0.561. The standard InChI is InChI=1S/C16H16ClI/c1-11(2)12-6-8-13(9-7-12)16(17)14-4-3-5-15(18)10-14/h3-11,16H,1-2H3. The molecule has 0 aliphatic carbocycles. The largest absolute Gasteiger partial charge is 0.113 e. The highest BCUT2D eigenvalue weighted by Gasteiger charge is 2.11. The maximum absolute atomic E-state index is 6.53. The second-order valence-electron chi connectivity index (χ2n) is 4.74. The zero-order valence-corrected chi connectivity index (χ0v) is 13.4. The molecule has 2 aromatic carbocycles. The summed E-state index contributed by atoms with van der Waals surface area (Å²) in [5.41, 5.74) is 3.66. The van der Waals surface area contributed by atoms with Crippen molar-refractivity contribution in [3.05, 3.63) is 68.8 Å². The van der Waals surface area contributed by atoms with Gasteiger partial charge >= 0.3 is 0 Å². The van der Waals surface area contributed by atoms with Gasteiger partial charge in [-0.1, -0.05) is 50.2 Å². The summed E-state index contributed by atoms with van der Waals surface area (Å²) < 4.78 is 1.22. The molecular weight excluding hydrogens is 355 g/mol. The van der Waals surface area contributed by atoms with E-state index in [0.717, 1.165) is 11.1 Å². The van der Waals surface area contributed by atoms with Gasteiger partial charge in [-0.05, 0) is 57.3 Å². The van der Waals surface area contributed by atoms with Gasteiger partial charge in [0.05, 0.1) is 5.38 Å². The van der Waals surface area contributed by atoms with E-state index in [9.17, 15) is 0 Å². The maximum atomic E-state index is 6.53. The van der Waals surface area contributed by atoms with Crippen molar-refractivity contribution < 1.29 is 0 Å². The highest BCUT2D eigenvalue weighted by Crippen LogP contribution is 2.30. The molecule has 2 heteroatoms. The molecule has 94 valence electrons. The van der Waals surface area contributed by atoms with Gasteiger partial charge in [0.25, 0.3) is 0 Å². The van der Waals surface area contributed by atoms with Gasteiger partial charge in [-0.3, -0.25) is 0 Å². The summed E-state index contributed by atoms with van der Waals surface area (Å²) in [4.78, 5) is 0. The molecule has 0 amide bonds. The fourth-order valence-electron chi connectivity index (χ4n) is 1.91. The lowest BCUT2D eigenvalue weighted by atomic mass is 9.98. The summed E-state index contributed by atoms with van der Waals surface area (Å²) in [6.45, 7) is 4.40. The fourth-order valence-corrected chi connectivity index (χ4v) is 2.75. The van der Waals surface area contributed by atoms with Crippen molar-refractivity contribution in [3.8, 4) is 0 Å². The lowest BCUT2D eigenvalue weighted by molar-refractivity contribution is 0.865. The Morgan fingerprint density at radius 1 is 0.889 bits per heavy atom. The van der Waals surface area contributed by atoms with E-state index >= 15 is 0 Å². The van der Waals surface area contributed by atoms with Gasteiger partial charge in [-0.25, -0.2) is 0 Å². The Morgan fingerprint density at radius 3 is 2.06 bits per heavy atom. The molecular formula is C16H16ClI. The molecule has 0 radical (unpaired) electrons. The van der Waals surface area contributed by atoms with Crippen LogP contribution in [0.25, 0.3) is 0 Å². The Balaban J connectivity index is 2.26. The van der Waals surface area contributed by atoms with Crippen molar-refractivity contribution in [2.75, 3.05) is 0 Å². The highest BCUT2D eigenvalue weighted by molar-refractivity contribution is 14.1. The molecule has 0 spiro atoms. The first-order valence-electron chi connectivity index (χ1n) is 6.07. The Labute approximate surface area is 128 Å². The summed E-state index contributed by atoms with van der Waals surface area (Å²) in [6, 6.07) is 16.9. The van der Waals surface area contributed by atoms with Gasteiger partial charge < -0.3 is 0 Å². The minimum Gasteiger partial charge on any atom is -0.113 e. The zero-order chi connectivity index (χ0) is 13.1. The topological polar surface area (TPSA) is 0 Å². The maximum Gasteiger partial charge on any atom is 0.0835 e. The van der Waals surface area contributed by atoms with Crippen LogP contribution in [0.4, 0.5) is 0 Å². The average Bonchev–Trinajstić information content (AvgIpc) is 2.38. The first-order chi connectivity index (χ1) is 8.58. The third kappa shape index (κ3) is 3.27. The molecule has 0 N–H and O–H groups in total. The molecule has 0 saturated heterocycles. The van der Waals surface area contributed by atoms with Crippen LogP contribution >= 0.6 is 34.2 Å². The molecule has 1 atom stereocenters. The Hall–Kier alpha value is -0.540. The average molecular weight is 371 g/mol. The van der Waals surface area contributed by atoms with E-state index in [1.807, 2.05) is 0 Å². The van der Waals surface area contributed by atoms with Crippen molar-refractivity contribution in [2.45, 2.75) is 25.1 Å². The number of hydrogen-bond donors (Lipinski definition) is 0. The van der Waals surface area contributed by atoms with Crippen molar-refractivity contribution in [2.24, 2.45) is 0 Å². The minimum atomic E-state index is -0.0686. The van der Waals surface area contributed by atoms with E-state index in [0.29, 0.717) is 5.92 Å². The van der Waals surface area contributed by atoms with E-state index in [1.54, 1.807) is 0 Å². The molecule has 2 aromatic rings. The normalized spacial score (nSPS) is 12.7. The molecule has 18 heavy (non-hydrogen) atoms. The molecule has 1 unspecified atom stereocenters. The van der Waals surface area contributed by atoms with E-state index in [1.165, 1.54) is 9.13 Å². The quantitative estimate of drug-likeness (QED) is 0.477. The van der Waals surface area contributed by atoms with Crippen molar-refractivity contribution >= 4 is 34.2 Å². The van der Waals surface area contributed by atoms with E-state index < -0.39 is 0 Å².